The number of hydrogen-bond acceptors (Lipinski definition) is 2. The third-order valence-electron chi connectivity index (χ3n) is 3.48. The molecule has 0 atom stereocenters. The molecular formula is C15H20FNOS. The molecule has 1 fully saturated rings. The fourth-order valence-corrected chi connectivity index (χ4v) is 3.29. The summed E-state index contributed by atoms with van der Waals surface area (Å²) in [4.78, 5) is 14.1. The second-order valence-electron chi connectivity index (χ2n) is 5.63. The van der Waals surface area contributed by atoms with Gasteiger partial charge >= 0.3 is 0 Å². The first-order valence-corrected chi connectivity index (χ1v) is 7.57. The Hall–Kier alpha value is -1.03. The molecule has 0 N–H and O–H groups in total. The van der Waals surface area contributed by atoms with Gasteiger partial charge in [0.25, 0.3) is 5.91 Å². The zero-order valence-corrected chi connectivity index (χ0v) is 12.5. The van der Waals surface area contributed by atoms with E-state index < -0.39 is 5.82 Å². The summed E-state index contributed by atoms with van der Waals surface area (Å²) in [5, 5.41) is 0. The Bertz CT molecular complexity index is 487. The van der Waals surface area contributed by atoms with Gasteiger partial charge in [0, 0.05) is 23.6 Å². The van der Waals surface area contributed by atoms with E-state index in [4.69, 9.17) is 0 Å². The molecule has 2 nitrogen and oxygen atoms in total. The molecular weight excluding hydrogens is 261 g/mol. The zero-order chi connectivity index (χ0) is 14.0. The first-order valence-electron chi connectivity index (χ1n) is 6.58. The van der Waals surface area contributed by atoms with Crippen LogP contribution in [0.5, 0.6) is 0 Å². The minimum atomic E-state index is -0.416. The summed E-state index contributed by atoms with van der Waals surface area (Å²) in [7, 11) is 0. The molecule has 0 aromatic heterocycles. The van der Waals surface area contributed by atoms with E-state index in [2.05, 4.69) is 13.8 Å². The van der Waals surface area contributed by atoms with Crippen molar-refractivity contribution in [1.82, 2.24) is 4.90 Å². The molecule has 0 radical (unpaired) electrons. The van der Waals surface area contributed by atoms with Gasteiger partial charge in [-0.3, -0.25) is 4.79 Å². The third-order valence-corrected chi connectivity index (χ3v) is 4.85. The lowest BCUT2D eigenvalue weighted by molar-refractivity contribution is 0.0760. The van der Waals surface area contributed by atoms with E-state index in [9.17, 15) is 9.18 Å². The number of rotatable bonds is 1. The summed E-state index contributed by atoms with van der Waals surface area (Å²) >= 11 is 1.88. The Morgan fingerprint density at radius 1 is 1.37 bits per heavy atom. The highest BCUT2D eigenvalue weighted by Crippen LogP contribution is 2.31. The van der Waals surface area contributed by atoms with Crippen molar-refractivity contribution in [1.29, 1.82) is 0 Å². The van der Waals surface area contributed by atoms with Gasteiger partial charge in [0.15, 0.2) is 0 Å². The minimum Gasteiger partial charge on any atom is -0.338 e. The summed E-state index contributed by atoms with van der Waals surface area (Å²) in [6.07, 6.45) is 0.941. The zero-order valence-electron chi connectivity index (χ0n) is 11.7. The Balaban J connectivity index is 2.15. The summed E-state index contributed by atoms with van der Waals surface area (Å²) in [5.41, 5.74) is 1.02. The molecule has 2 rings (SSSR count). The number of amides is 1. The van der Waals surface area contributed by atoms with Gasteiger partial charge in [-0.25, -0.2) is 4.39 Å². The Morgan fingerprint density at radius 2 is 2.11 bits per heavy atom. The quantitative estimate of drug-likeness (QED) is 0.785. The van der Waals surface area contributed by atoms with E-state index in [1.54, 1.807) is 17.0 Å². The average molecular weight is 281 g/mol. The maximum atomic E-state index is 13.9. The van der Waals surface area contributed by atoms with E-state index in [0.717, 1.165) is 17.7 Å². The molecule has 1 aliphatic heterocycles. The molecule has 0 bridgehead atoms. The Labute approximate surface area is 118 Å². The van der Waals surface area contributed by atoms with Crippen LogP contribution in [0.1, 0.15) is 36.2 Å². The number of carbonyl (C=O) groups excluding carboxylic acids is 1. The number of halogens is 1. The van der Waals surface area contributed by atoms with Gasteiger partial charge in [0.2, 0.25) is 0 Å². The van der Waals surface area contributed by atoms with Crippen LogP contribution < -0.4 is 0 Å². The molecule has 1 heterocycles. The van der Waals surface area contributed by atoms with E-state index >= 15 is 0 Å². The predicted molar refractivity (Wildman–Crippen MR) is 78.2 cm³/mol. The van der Waals surface area contributed by atoms with Crippen molar-refractivity contribution in [2.45, 2.75) is 31.9 Å². The van der Waals surface area contributed by atoms with Gasteiger partial charge in [-0.1, -0.05) is 19.9 Å². The molecule has 0 spiro atoms. The number of aryl methyl sites for hydroxylation is 1. The molecule has 4 heteroatoms. The molecule has 104 valence electrons. The van der Waals surface area contributed by atoms with Crippen molar-refractivity contribution in [3.05, 3.63) is 35.1 Å². The van der Waals surface area contributed by atoms with Gasteiger partial charge in [-0.05, 0) is 31.0 Å². The first-order chi connectivity index (χ1) is 8.89. The largest absolute Gasteiger partial charge is 0.338 e. The normalized spacial score (nSPS) is 19.1. The summed E-state index contributed by atoms with van der Waals surface area (Å²) in [5.74, 6) is 0.309. The van der Waals surface area contributed by atoms with Gasteiger partial charge in [-0.15, -0.1) is 0 Å². The van der Waals surface area contributed by atoms with Crippen LogP contribution in [0.3, 0.4) is 0 Å². The van der Waals surface area contributed by atoms with Crippen LogP contribution in [0.15, 0.2) is 18.2 Å². The highest BCUT2D eigenvalue weighted by Gasteiger charge is 2.27. The number of benzene rings is 1. The van der Waals surface area contributed by atoms with Crippen LogP contribution in [-0.2, 0) is 0 Å². The molecule has 1 aromatic carbocycles. The maximum absolute atomic E-state index is 13.9. The standard InChI is InChI=1S/C15H20FNOS/c1-11-4-5-12(13(16)10-11)14(18)17-7-6-15(2,3)19-9-8-17/h4-5,10H,6-9H2,1-3H3. The van der Waals surface area contributed by atoms with Gasteiger partial charge in [0.05, 0.1) is 5.56 Å². The molecule has 1 saturated heterocycles. The molecule has 0 unspecified atom stereocenters. The topological polar surface area (TPSA) is 20.3 Å². The second kappa shape index (κ2) is 5.53. The predicted octanol–water partition coefficient (Wildman–Crippen LogP) is 3.49. The molecule has 1 aliphatic rings. The van der Waals surface area contributed by atoms with Gasteiger partial charge in [-0.2, -0.15) is 11.8 Å². The van der Waals surface area contributed by atoms with Crippen molar-refractivity contribution in [3.8, 4) is 0 Å². The SMILES string of the molecule is Cc1ccc(C(=O)N2CCSC(C)(C)CC2)c(F)c1. The fraction of sp³-hybridized carbons (Fsp3) is 0.533. The van der Waals surface area contributed by atoms with Gasteiger partial charge in [0.1, 0.15) is 5.82 Å². The Morgan fingerprint density at radius 3 is 2.79 bits per heavy atom. The van der Waals surface area contributed by atoms with E-state index in [-0.39, 0.29) is 16.2 Å². The van der Waals surface area contributed by atoms with Gasteiger partial charge < -0.3 is 4.90 Å². The second-order valence-corrected chi connectivity index (χ2v) is 7.44. The van der Waals surface area contributed by atoms with Crippen LogP contribution in [0.25, 0.3) is 0 Å². The van der Waals surface area contributed by atoms with E-state index in [0.29, 0.717) is 13.1 Å². The van der Waals surface area contributed by atoms with Crippen LogP contribution in [0, 0.1) is 12.7 Å². The fourth-order valence-electron chi connectivity index (χ4n) is 2.19. The van der Waals surface area contributed by atoms with E-state index in [1.807, 2.05) is 18.7 Å². The van der Waals surface area contributed by atoms with Crippen LogP contribution in [-0.4, -0.2) is 34.4 Å². The lowest BCUT2D eigenvalue weighted by Gasteiger charge is -2.23. The number of hydrogen-bond donors (Lipinski definition) is 0. The third kappa shape index (κ3) is 3.50. The Kier molecular flexibility index (Phi) is 4.19. The van der Waals surface area contributed by atoms with Crippen molar-refractivity contribution in [3.63, 3.8) is 0 Å². The van der Waals surface area contributed by atoms with Crippen LogP contribution in [0.4, 0.5) is 4.39 Å². The monoisotopic (exact) mass is 281 g/mol. The highest BCUT2D eigenvalue weighted by atomic mass is 32.2. The van der Waals surface area contributed by atoms with Crippen molar-refractivity contribution in [2.24, 2.45) is 0 Å². The van der Waals surface area contributed by atoms with Crippen LogP contribution in [0.2, 0.25) is 0 Å². The minimum absolute atomic E-state index is 0.184. The lowest BCUT2D eigenvalue weighted by Crippen LogP contribution is -2.34. The van der Waals surface area contributed by atoms with Crippen molar-refractivity contribution in [2.75, 3.05) is 18.8 Å². The average Bonchev–Trinajstić information content (AvgIpc) is 2.49. The number of carbonyl (C=O) groups is 1. The molecule has 0 saturated carbocycles. The molecule has 1 amide bonds. The molecule has 19 heavy (non-hydrogen) atoms. The summed E-state index contributed by atoms with van der Waals surface area (Å²) < 4.78 is 14.1. The van der Waals surface area contributed by atoms with Crippen molar-refractivity contribution < 1.29 is 9.18 Å². The number of thioether (sulfide) groups is 1. The maximum Gasteiger partial charge on any atom is 0.256 e. The van der Waals surface area contributed by atoms with E-state index in [1.165, 1.54) is 6.07 Å². The highest BCUT2D eigenvalue weighted by molar-refractivity contribution is 8.00. The smallest absolute Gasteiger partial charge is 0.256 e. The lowest BCUT2D eigenvalue weighted by atomic mass is 10.1. The molecule has 1 aromatic rings. The summed E-state index contributed by atoms with van der Waals surface area (Å²) in [6.45, 7) is 7.60. The van der Waals surface area contributed by atoms with Crippen molar-refractivity contribution >= 4 is 17.7 Å². The molecule has 0 aliphatic carbocycles. The summed E-state index contributed by atoms with van der Waals surface area (Å²) in [6, 6.07) is 4.80. The number of nitrogens with zero attached hydrogens (tertiary/aromatic N) is 1. The van der Waals surface area contributed by atoms with Crippen LogP contribution >= 0.6 is 11.8 Å². The first kappa shape index (κ1) is 14.4.